The van der Waals surface area contributed by atoms with E-state index < -0.39 is 0 Å². The van der Waals surface area contributed by atoms with Crippen LogP contribution in [0, 0.1) is 0 Å². The van der Waals surface area contributed by atoms with Crippen molar-refractivity contribution in [2.45, 2.75) is 0 Å². The summed E-state index contributed by atoms with van der Waals surface area (Å²) in [5, 5.41) is 6.98. The normalized spacial score (nSPS) is 9.85. The lowest BCUT2D eigenvalue weighted by Gasteiger charge is -1.86. The van der Waals surface area contributed by atoms with Crippen LogP contribution in [0.1, 0.15) is 15.9 Å². The molecule has 4 nitrogen and oxygen atoms in total. The molecule has 0 aromatic carbocycles. The predicted octanol–water partition coefficient (Wildman–Crippen LogP) is 2.88. The second kappa shape index (κ2) is 5.13. The molecule has 0 amide bonds. The third-order valence-corrected chi connectivity index (χ3v) is 2.18. The van der Waals surface area contributed by atoms with E-state index in [2.05, 4.69) is 10.0 Å². The molecule has 0 spiro atoms. The lowest BCUT2D eigenvalue weighted by Crippen LogP contribution is -1.77. The van der Waals surface area contributed by atoms with E-state index >= 15 is 0 Å². The van der Waals surface area contributed by atoms with Gasteiger partial charge >= 0.3 is 0 Å². The molecule has 0 aliphatic carbocycles. The summed E-state index contributed by atoms with van der Waals surface area (Å²) in [4.78, 5) is 13.1. The predicted molar refractivity (Wildman–Crippen MR) is 52.8 cm³/mol. The maximum absolute atomic E-state index is 10.5. The maximum atomic E-state index is 10.5. The maximum Gasteiger partial charge on any atom is 0.151 e. The molecule has 0 N–H and O–H groups in total. The molecule has 13 heavy (non-hydrogen) atoms. The molecule has 0 radical (unpaired) electrons. The summed E-state index contributed by atoms with van der Waals surface area (Å²) in [7, 11) is 0. The Kier molecular flexibility index (Phi) is 3.75. The Hall–Kier alpha value is -1.58. The van der Waals surface area contributed by atoms with Crippen molar-refractivity contribution in [3.05, 3.63) is 38.4 Å². The number of thiophene rings is 1. The summed E-state index contributed by atoms with van der Waals surface area (Å²) < 4.78 is 0. The molecule has 0 atom stereocenters. The van der Waals surface area contributed by atoms with Crippen LogP contribution in [0.5, 0.6) is 0 Å². The van der Waals surface area contributed by atoms with Crippen molar-refractivity contribution < 1.29 is 4.79 Å². The highest BCUT2D eigenvalue weighted by atomic mass is 32.1. The molecular formula is C8H7N3OS. The van der Waals surface area contributed by atoms with Gasteiger partial charge < -0.3 is 0 Å². The topological polar surface area (TPSA) is 65.8 Å². The molecular weight excluding hydrogens is 186 g/mol. The highest BCUT2D eigenvalue weighted by molar-refractivity contribution is 7.08. The van der Waals surface area contributed by atoms with Crippen molar-refractivity contribution in [3.8, 4) is 0 Å². The first-order chi connectivity index (χ1) is 6.38. The van der Waals surface area contributed by atoms with Gasteiger partial charge in [-0.1, -0.05) is 17.3 Å². The van der Waals surface area contributed by atoms with Gasteiger partial charge in [0, 0.05) is 22.4 Å². The first-order valence-corrected chi connectivity index (χ1v) is 4.51. The molecule has 0 fully saturated rings. The van der Waals surface area contributed by atoms with Gasteiger partial charge in [0.1, 0.15) is 0 Å². The van der Waals surface area contributed by atoms with Gasteiger partial charge in [-0.25, -0.2) is 0 Å². The van der Waals surface area contributed by atoms with Gasteiger partial charge in [-0.15, -0.1) is 0 Å². The van der Waals surface area contributed by atoms with E-state index in [1.807, 2.05) is 5.38 Å². The van der Waals surface area contributed by atoms with Crippen LogP contribution in [0.15, 0.2) is 22.0 Å². The molecule has 0 aliphatic rings. The first-order valence-electron chi connectivity index (χ1n) is 3.57. The van der Waals surface area contributed by atoms with Crippen LogP contribution in [0.3, 0.4) is 0 Å². The molecule has 0 saturated heterocycles. The number of azide groups is 1. The standard InChI is InChI=1S/C8H7N3OS/c9-11-10-3-1-2-7-5-13-6-8(7)4-12/h1-2,4-6H,3H2. The number of nitrogens with zero attached hydrogens (tertiary/aromatic N) is 3. The number of aldehydes is 1. The Morgan fingerprint density at radius 3 is 3.00 bits per heavy atom. The van der Waals surface area contributed by atoms with Gasteiger partial charge in [0.15, 0.2) is 6.29 Å². The second-order valence-corrected chi connectivity index (χ2v) is 2.96. The van der Waals surface area contributed by atoms with Crippen LogP contribution in [0.4, 0.5) is 0 Å². The molecule has 0 unspecified atom stereocenters. The van der Waals surface area contributed by atoms with Crippen molar-refractivity contribution in [3.63, 3.8) is 0 Å². The van der Waals surface area contributed by atoms with Crippen LogP contribution in [-0.2, 0) is 0 Å². The highest BCUT2D eigenvalue weighted by Crippen LogP contribution is 2.14. The van der Waals surface area contributed by atoms with Crippen LogP contribution in [0.25, 0.3) is 16.5 Å². The molecule has 5 heteroatoms. The molecule has 1 heterocycles. The van der Waals surface area contributed by atoms with Crippen LogP contribution in [0.2, 0.25) is 0 Å². The van der Waals surface area contributed by atoms with Crippen molar-refractivity contribution in [2.24, 2.45) is 5.11 Å². The zero-order valence-electron chi connectivity index (χ0n) is 6.75. The number of hydrogen-bond acceptors (Lipinski definition) is 3. The highest BCUT2D eigenvalue weighted by Gasteiger charge is 1.96. The molecule has 1 aromatic heterocycles. The van der Waals surface area contributed by atoms with Crippen molar-refractivity contribution in [1.29, 1.82) is 0 Å². The lowest BCUT2D eigenvalue weighted by molar-refractivity contribution is 0.112. The zero-order valence-corrected chi connectivity index (χ0v) is 7.57. The minimum atomic E-state index is 0.310. The Morgan fingerprint density at radius 2 is 2.31 bits per heavy atom. The molecule has 0 aliphatic heterocycles. The molecule has 1 rings (SSSR count). The number of carbonyl (C=O) groups excluding carboxylic acids is 1. The Labute approximate surface area is 79.1 Å². The van der Waals surface area contributed by atoms with Gasteiger partial charge in [-0.05, 0) is 16.5 Å². The van der Waals surface area contributed by atoms with Crippen LogP contribution in [-0.4, -0.2) is 12.8 Å². The van der Waals surface area contributed by atoms with E-state index in [9.17, 15) is 4.79 Å². The third kappa shape index (κ3) is 2.74. The minimum absolute atomic E-state index is 0.310. The first kappa shape index (κ1) is 9.51. The summed E-state index contributed by atoms with van der Waals surface area (Å²) in [6.45, 7) is 0.310. The largest absolute Gasteiger partial charge is 0.298 e. The Balaban J connectivity index is 2.67. The van der Waals surface area contributed by atoms with E-state index in [0.29, 0.717) is 12.1 Å². The average Bonchev–Trinajstić information content (AvgIpc) is 2.60. The number of hydrogen-bond donors (Lipinski definition) is 0. The van der Waals surface area contributed by atoms with Gasteiger partial charge in [0.05, 0.1) is 0 Å². The summed E-state index contributed by atoms with van der Waals surface area (Å²) >= 11 is 1.47. The summed E-state index contributed by atoms with van der Waals surface area (Å²) in [6.07, 6.45) is 4.30. The molecule has 0 bridgehead atoms. The fourth-order valence-electron chi connectivity index (χ4n) is 0.811. The summed E-state index contributed by atoms with van der Waals surface area (Å²) in [5.74, 6) is 0. The van der Waals surface area contributed by atoms with E-state index in [1.54, 1.807) is 17.5 Å². The molecule has 66 valence electrons. The van der Waals surface area contributed by atoms with Crippen LogP contribution < -0.4 is 0 Å². The quantitative estimate of drug-likeness (QED) is 0.314. The smallest absolute Gasteiger partial charge is 0.151 e. The second-order valence-electron chi connectivity index (χ2n) is 2.22. The minimum Gasteiger partial charge on any atom is -0.298 e. The van der Waals surface area contributed by atoms with Gasteiger partial charge in [0.25, 0.3) is 0 Å². The van der Waals surface area contributed by atoms with Gasteiger partial charge in [-0.2, -0.15) is 11.3 Å². The van der Waals surface area contributed by atoms with Gasteiger partial charge in [-0.3, -0.25) is 4.79 Å². The molecule has 0 saturated carbocycles. The van der Waals surface area contributed by atoms with E-state index in [-0.39, 0.29) is 0 Å². The monoisotopic (exact) mass is 193 g/mol. The third-order valence-electron chi connectivity index (χ3n) is 1.40. The SMILES string of the molecule is [N-]=[N+]=NCC=Cc1cscc1C=O. The Bertz CT molecular complexity index is 363. The van der Waals surface area contributed by atoms with E-state index in [1.165, 1.54) is 11.3 Å². The van der Waals surface area contributed by atoms with E-state index in [0.717, 1.165) is 11.8 Å². The zero-order chi connectivity index (χ0) is 9.52. The Morgan fingerprint density at radius 1 is 1.54 bits per heavy atom. The average molecular weight is 193 g/mol. The summed E-state index contributed by atoms with van der Waals surface area (Å²) in [6, 6.07) is 0. The van der Waals surface area contributed by atoms with Crippen molar-refractivity contribution in [1.82, 2.24) is 0 Å². The van der Waals surface area contributed by atoms with Crippen LogP contribution >= 0.6 is 11.3 Å². The lowest BCUT2D eigenvalue weighted by atomic mass is 10.2. The number of rotatable bonds is 4. The summed E-state index contributed by atoms with van der Waals surface area (Å²) in [5.41, 5.74) is 9.53. The molecule has 1 aromatic rings. The van der Waals surface area contributed by atoms with Gasteiger partial charge in [0.2, 0.25) is 0 Å². The van der Waals surface area contributed by atoms with Crippen molar-refractivity contribution >= 4 is 23.7 Å². The van der Waals surface area contributed by atoms with Crippen molar-refractivity contribution in [2.75, 3.05) is 6.54 Å². The number of carbonyl (C=O) groups is 1. The fourth-order valence-corrected chi connectivity index (χ4v) is 1.58. The van der Waals surface area contributed by atoms with E-state index in [4.69, 9.17) is 5.53 Å². The fraction of sp³-hybridized carbons (Fsp3) is 0.125.